The Balaban J connectivity index is 2.85. The number of nitrogens with zero attached hydrogens (tertiary/aromatic N) is 2. The van der Waals surface area contributed by atoms with Crippen molar-refractivity contribution in [2.75, 3.05) is 19.6 Å². The van der Waals surface area contributed by atoms with E-state index in [0.29, 0.717) is 31.1 Å². The topological polar surface area (TPSA) is 62.3 Å². The fraction of sp³-hybridized carbons (Fsp3) is 0.533. The first-order valence-corrected chi connectivity index (χ1v) is 7.03. The lowest BCUT2D eigenvalue weighted by Crippen LogP contribution is -2.31. The van der Waals surface area contributed by atoms with Gasteiger partial charge in [-0.1, -0.05) is 13.8 Å². The number of carbonyl (C=O) groups excluding carboxylic acids is 2. The number of nitrogens with one attached hydrogen (secondary N) is 1. The Kier molecular flexibility index (Phi) is 6.15. The number of hydrogen-bond acceptors (Lipinski definition) is 3. The zero-order valence-corrected chi connectivity index (χ0v) is 12.6. The molecule has 0 aliphatic heterocycles. The molecule has 1 aromatic heterocycles. The van der Waals surface area contributed by atoms with Crippen LogP contribution in [-0.2, 0) is 0 Å². The molecule has 0 radical (unpaired) electrons. The summed E-state index contributed by atoms with van der Waals surface area (Å²) >= 11 is 0. The van der Waals surface area contributed by atoms with Crippen molar-refractivity contribution in [1.82, 2.24) is 15.2 Å². The molecule has 0 bridgehead atoms. The lowest BCUT2D eigenvalue weighted by molar-refractivity contribution is 0.0773. The van der Waals surface area contributed by atoms with Crippen molar-refractivity contribution in [2.24, 2.45) is 5.92 Å². The predicted octanol–water partition coefficient (Wildman–Crippen LogP) is 1.95. The molecule has 5 nitrogen and oxygen atoms in total. The number of carbonyl (C=O) groups is 2. The normalized spacial score (nSPS) is 10.4. The number of pyridine rings is 1. The zero-order valence-electron chi connectivity index (χ0n) is 12.6. The third-order valence-electron chi connectivity index (χ3n) is 2.96. The van der Waals surface area contributed by atoms with Gasteiger partial charge in [-0.05, 0) is 31.9 Å². The second kappa shape index (κ2) is 7.62. The lowest BCUT2D eigenvalue weighted by Gasteiger charge is -2.18. The van der Waals surface area contributed by atoms with Crippen LogP contribution in [-0.4, -0.2) is 41.3 Å². The van der Waals surface area contributed by atoms with E-state index < -0.39 is 0 Å². The van der Waals surface area contributed by atoms with E-state index in [2.05, 4.69) is 10.3 Å². The van der Waals surface area contributed by atoms with Gasteiger partial charge in [-0.3, -0.25) is 14.6 Å². The van der Waals surface area contributed by atoms with E-state index in [1.165, 1.54) is 6.20 Å². The van der Waals surface area contributed by atoms with Crippen molar-refractivity contribution < 1.29 is 9.59 Å². The number of amides is 2. The summed E-state index contributed by atoms with van der Waals surface area (Å²) in [7, 11) is 0. The highest BCUT2D eigenvalue weighted by Crippen LogP contribution is 2.06. The molecule has 0 spiro atoms. The molecule has 0 unspecified atom stereocenters. The molecule has 0 saturated carbocycles. The van der Waals surface area contributed by atoms with Gasteiger partial charge in [0.05, 0.1) is 0 Å². The maximum atomic E-state index is 12.2. The highest BCUT2D eigenvalue weighted by atomic mass is 16.2. The molecule has 1 N–H and O–H groups in total. The maximum Gasteiger partial charge on any atom is 0.269 e. The second-order valence-electron chi connectivity index (χ2n) is 5.01. The van der Waals surface area contributed by atoms with Gasteiger partial charge in [-0.15, -0.1) is 0 Å². The van der Waals surface area contributed by atoms with E-state index in [-0.39, 0.29) is 17.5 Å². The fourth-order valence-electron chi connectivity index (χ4n) is 1.77. The molecular weight excluding hydrogens is 254 g/mol. The molecule has 1 heterocycles. The van der Waals surface area contributed by atoms with Crippen LogP contribution in [0, 0.1) is 5.92 Å². The van der Waals surface area contributed by atoms with Gasteiger partial charge >= 0.3 is 0 Å². The van der Waals surface area contributed by atoms with Crippen LogP contribution in [0.25, 0.3) is 0 Å². The van der Waals surface area contributed by atoms with E-state index in [0.717, 1.165) is 0 Å². The first-order valence-electron chi connectivity index (χ1n) is 7.03. The van der Waals surface area contributed by atoms with E-state index >= 15 is 0 Å². The predicted molar refractivity (Wildman–Crippen MR) is 78.7 cm³/mol. The Morgan fingerprint density at radius 3 is 2.50 bits per heavy atom. The SMILES string of the molecule is CCN(CC)C(=O)c1ccnc(C(=O)NCC(C)C)c1. The van der Waals surface area contributed by atoms with Crippen LogP contribution in [0.3, 0.4) is 0 Å². The van der Waals surface area contributed by atoms with Crippen molar-refractivity contribution in [2.45, 2.75) is 27.7 Å². The third-order valence-corrected chi connectivity index (χ3v) is 2.96. The Hall–Kier alpha value is -1.91. The first kappa shape index (κ1) is 16.1. The molecule has 1 aromatic rings. The van der Waals surface area contributed by atoms with Crippen LogP contribution in [0.2, 0.25) is 0 Å². The van der Waals surface area contributed by atoms with Gasteiger partial charge in [0.2, 0.25) is 0 Å². The first-order chi connectivity index (χ1) is 9.49. The highest BCUT2D eigenvalue weighted by Gasteiger charge is 2.15. The summed E-state index contributed by atoms with van der Waals surface area (Å²) in [5.41, 5.74) is 0.780. The van der Waals surface area contributed by atoms with Gasteiger partial charge in [0.1, 0.15) is 5.69 Å². The summed E-state index contributed by atoms with van der Waals surface area (Å²) in [6.07, 6.45) is 1.50. The van der Waals surface area contributed by atoms with Crippen LogP contribution in [0.4, 0.5) is 0 Å². The average molecular weight is 277 g/mol. The van der Waals surface area contributed by atoms with Gasteiger partial charge in [-0.2, -0.15) is 0 Å². The quantitative estimate of drug-likeness (QED) is 0.864. The third kappa shape index (κ3) is 4.33. The summed E-state index contributed by atoms with van der Waals surface area (Å²) in [5, 5.41) is 2.80. The van der Waals surface area contributed by atoms with Gasteiger partial charge in [0.25, 0.3) is 11.8 Å². The molecule has 0 saturated heterocycles. The van der Waals surface area contributed by atoms with Crippen LogP contribution in [0.1, 0.15) is 48.5 Å². The molecule has 0 aromatic carbocycles. The fourth-order valence-corrected chi connectivity index (χ4v) is 1.77. The van der Waals surface area contributed by atoms with E-state index in [1.807, 2.05) is 27.7 Å². The van der Waals surface area contributed by atoms with Crippen LogP contribution < -0.4 is 5.32 Å². The van der Waals surface area contributed by atoms with Crippen molar-refractivity contribution >= 4 is 11.8 Å². The van der Waals surface area contributed by atoms with Crippen molar-refractivity contribution in [3.05, 3.63) is 29.6 Å². The molecule has 2 amide bonds. The second-order valence-corrected chi connectivity index (χ2v) is 5.01. The molecule has 110 valence electrons. The Bertz CT molecular complexity index is 468. The molecule has 0 fully saturated rings. The van der Waals surface area contributed by atoms with E-state index in [1.54, 1.807) is 17.0 Å². The molecule has 0 aliphatic rings. The van der Waals surface area contributed by atoms with Crippen molar-refractivity contribution in [3.8, 4) is 0 Å². The molecule has 5 heteroatoms. The average Bonchev–Trinajstić information content (AvgIpc) is 2.46. The Labute approximate surface area is 120 Å². The molecular formula is C15H23N3O2. The lowest BCUT2D eigenvalue weighted by atomic mass is 10.2. The van der Waals surface area contributed by atoms with Crippen molar-refractivity contribution in [1.29, 1.82) is 0 Å². The van der Waals surface area contributed by atoms with Gasteiger partial charge in [0.15, 0.2) is 0 Å². The molecule has 20 heavy (non-hydrogen) atoms. The van der Waals surface area contributed by atoms with Crippen LogP contribution >= 0.6 is 0 Å². The van der Waals surface area contributed by atoms with Crippen molar-refractivity contribution in [3.63, 3.8) is 0 Å². The Morgan fingerprint density at radius 1 is 1.30 bits per heavy atom. The van der Waals surface area contributed by atoms with E-state index in [4.69, 9.17) is 0 Å². The van der Waals surface area contributed by atoms with Gasteiger partial charge in [0, 0.05) is 31.4 Å². The number of rotatable bonds is 6. The number of hydrogen-bond donors (Lipinski definition) is 1. The van der Waals surface area contributed by atoms with Crippen LogP contribution in [0.5, 0.6) is 0 Å². The summed E-state index contributed by atoms with van der Waals surface area (Å²) in [6, 6.07) is 3.19. The maximum absolute atomic E-state index is 12.2. The summed E-state index contributed by atoms with van der Waals surface area (Å²) < 4.78 is 0. The zero-order chi connectivity index (χ0) is 15.1. The minimum Gasteiger partial charge on any atom is -0.350 e. The minimum absolute atomic E-state index is 0.0738. The standard InChI is InChI=1S/C15H23N3O2/c1-5-18(6-2)15(20)12-7-8-16-13(9-12)14(19)17-10-11(3)4/h7-9,11H,5-6,10H2,1-4H3,(H,17,19). The summed E-state index contributed by atoms with van der Waals surface area (Å²) in [6.45, 7) is 9.79. The van der Waals surface area contributed by atoms with Gasteiger partial charge in [-0.25, -0.2) is 0 Å². The number of aromatic nitrogens is 1. The van der Waals surface area contributed by atoms with Crippen LogP contribution in [0.15, 0.2) is 18.3 Å². The van der Waals surface area contributed by atoms with Gasteiger partial charge < -0.3 is 10.2 Å². The molecule has 1 rings (SSSR count). The largest absolute Gasteiger partial charge is 0.350 e. The highest BCUT2D eigenvalue weighted by molar-refractivity contribution is 5.98. The molecule has 0 atom stereocenters. The Morgan fingerprint density at radius 2 is 1.95 bits per heavy atom. The monoisotopic (exact) mass is 277 g/mol. The summed E-state index contributed by atoms with van der Waals surface area (Å²) in [5.74, 6) is 0.0580. The van der Waals surface area contributed by atoms with E-state index in [9.17, 15) is 9.59 Å². The smallest absolute Gasteiger partial charge is 0.269 e. The summed E-state index contributed by atoms with van der Waals surface area (Å²) in [4.78, 5) is 29.9. The minimum atomic E-state index is -0.243. The molecule has 0 aliphatic carbocycles.